The van der Waals surface area contributed by atoms with Gasteiger partial charge in [-0.15, -0.1) is 0 Å². The maximum absolute atomic E-state index is 12.0. The van der Waals surface area contributed by atoms with Crippen LogP contribution in [0.2, 0.25) is 0 Å². The van der Waals surface area contributed by atoms with Crippen LogP contribution in [0.3, 0.4) is 0 Å². The van der Waals surface area contributed by atoms with Crippen LogP contribution in [0.5, 0.6) is 5.75 Å². The van der Waals surface area contributed by atoms with Crippen LogP contribution in [-0.4, -0.2) is 22.1 Å². The molecule has 110 valence electrons. The van der Waals surface area contributed by atoms with E-state index in [9.17, 15) is 9.59 Å². The van der Waals surface area contributed by atoms with Crippen LogP contribution in [0, 0.1) is 0 Å². The second kappa shape index (κ2) is 8.32. The van der Waals surface area contributed by atoms with Crippen LogP contribution in [0.15, 0.2) is 18.2 Å². The van der Waals surface area contributed by atoms with Crippen molar-refractivity contribution in [3.05, 3.63) is 29.3 Å². The van der Waals surface area contributed by atoms with Crippen molar-refractivity contribution >= 4 is 11.8 Å². The Hall–Kier alpha value is -1.88. The summed E-state index contributed by atoms with van der Waals surface area (Å²) in [5, 5.41) is 17.5. The van der Waals surface area contributed by atoms with Crippen molar-refractivity contribution in [1.29, 1.82) is 0 Å². The SMILES string of the molecule is CCCCCCCC(=O)c1ccc(OO)c(C(=O)O)c1. The third-order valence-electron chi connectivity index (χ3n) is 3.14. The number of hydrogen-bond acceptors (Lipinski definition) is 4. The maximum atomic E-state index is 12.0. The first kappa shape index (κ1) is 16.2. The zero-order valence-corrected chi connectivity index (χ0v) is 11.6. The predicted octanol–water partition coefficient (Wildman–Crippen LogP) is 3.78. The topological polar surface area (TPSA) is 83.8 Å². The van der Waals surface area contributed by atoms with Crippen molar-refractivity contribution in [2.45, 2.75) is 45.4 Å². The molecule has 1 aromatic rings. The van der Waals surface area contributed by atoms with Gasteiger partial charge in [0.1, 0.15) is 5.56 Å². The average molecular weight is 280 g/mol. The Labute approximate surface area is 118 Å². The van der Waals surface area contributed by atoms with Crippen molar-refractivity contribution in [3.8, 4) is 5.75 Å². The Kier molecular flexibility index (Phi) is 6.73. The lowest BCUT2D eigenvalue weighted by Crippen LogP contribution is -2.05. The first-order valence-electron chi connectivity index (χ1n) is 6.82. The van der Waals surface area contributed by atoms with Gasteiger partial charge in [0.05, 0.1) is 0 Å². The monoisotopic (exact) mass is 280 g/mol. The van der Waals surface area contributed by atoms with Crippen molar-refractivity contribution in [2.75, 3.05) is 0 Å². The molecule has 0 radical (unpaired) electrons. The summed E-state index contributed by atoms with van der Waals surface area (Å²) in [6, 6.07) is 3.99. The minimum Gasteiger partial charge on any atom is -0.478 e. The molecule has 1 rings (SSSR count). The summed E-state index contributed by atoms with van der Waals surface area (Å²) in [5.74, 6) is -1.50. The van der Waals surface area contributed by atoms with E-state index in [1.165, 1.54) is 24.6 Å². The third kappa shape index (κ3) is 4.66. The minimum absolute atomic E-state index is 0.0894. The minimum atomic E-state index is -1.24. The van der Waals surface area contributed by atoms with E-state index in [0.29, 0.717) is 12.0 Å². The molecule has 2 N–H and O–H groups in total. The van der Waals surface area contributed by atoms with Gasteiger partial charge in [-0.05, 0) is 24.6 Å². The second-order valence-electron chi connectivity index (χ2n) is 4.69. The molecule has 0 fully saturated rings. The molecular weight excluding hydrogens is 260 g/mol. The van der Waals surface area contributed by atoms with Crippen LogP contribution in [0.4, 0.5) is 0 Å². The number of carbonyl (C=O) groups excluding carboxylic acids is 1. The van der Waals surface area contributed by atoms with Crippen LogP contribution in [-0.2, 0) is 0 Å². The zero-order valence-electron chi connectivity index (χ0n) is 11.6. The molecule has 0 atom stereocenters. The fourth-order valence-electron chi connectivity index (χ4n) is 1.98. The summed E-state index contributed by atoms with van der Waals surface area (Å²) in [6.07, 6.45) is 5.64. The number of aromatic carboxylic acids is 1. The van der Waals surface area contributed by atoms with Crippen LogP contribution in [0.25, 0.3) is 0 Å². The summed E-state index contributed by atoms with van der Waals surface area (Å²) in [4.78, 5) is 26.9. The number of carboxylic acids is 1. The van der Waals surface area contributed by atoms with E-state index in [1.807, 2.05) is 0 Å². The highest BCUT2D eigenvalue weighted by Gasteiger charge is 2.15. The van der Waals surface area contributed by atoms with Gasteiger partial charge in [-0.2, -0.15) is 0 Å². The van der Waals surface area contributed by atoms with Crippen molar-refractivity contribution in [1.82, 2.24) is 0 Å². The van der Waals surface area contributed by atoms with E-state index >= 15 is 0 Å². The van der Waals surface area contributed by atoms with E-state index < -0.39 is 5.97 Å². The molecule has 1 aromatic carbocycles. The summed E-state index contributed by atoms with van der Waals surface area (Å²) in [7, 11) is 0. The number of hydrogen-bond donors (Lipinski definition) is 2. The Bertz CT molecular complexity index is 467. The van der Waals surface area contributed by atoms with E-state index in [4.69, 9.17) is 10.4 Å². The van der Waals surface area contributed by atoms with Gasteiger partial charge in [0.15, 0.2) is 11.5 Å². The number of unbranched alkanes of at least 4 members (excludes halogenated alkanes) is 4. The summed E-state index contributed by atoms with van der Waals surface area (Å²) in [6.45, 7) is 2.13. The van der Waals surface area contributed by atoms with Gasteiger partial charge in [-0.25, -0.2) is 10.1 Å². The normalized spacial score (nSPS) is 10.3. The number of benzene rings is 1. The highest BCUT2D eigenvalue weighted by Crippen LogP contribution is 2.21. The fourth-order valence-corrected chi connectivity index (χ4v) is 1.98. The average Bonchev–Trinajstić information content (AvgIpc) is 2.46. The van der Waals surface area contributed by atoms with Crippen LogP contribution >= 0.6 is 0 Å². The number of ketones is 1. The highest BCUT2D eigenvalue weighted by molar-refractivity contribution is 5.99. The molecule has 0 heterocycles. The van der Waals surface area contributed by atoms with Gasteiger partial charge in [-0.3, -0.25) is 4.79 Å². The first-order chi connectivity index (χ1) is 9.60. The molecule has 0 aromatic heterocycles. The summed E-state index contributed by atoms with van der Waals surface area (Å²) < 4.78 is 0. The van der Waals surface area contributed by atoms with E-state index in [-0.39, 0.29) is 17.1 Å². The molecule has 0 saturated carbocycles. The molecular formula is C15H20O5. The van der Waals surface area contributed by atoms with Gasteiger partial charge in [0.25, 0.3) is 0 Å². The number of carbonyl (C=O) groups is 2. The van der Waals surface area contributed by atoms with E-state index in [1.54, 1.807) is 0 Å². The Morgan fingerprint density at radius 3 is 2.45 bits per heavy atom. The van der Waals surface area contributed by atoms with E-state index in [2.05, 4.69) is 11.8 Å². The lowest BCUT2D eigenvalue weighted by Gasteiger charge is -2.06. The molecule has 0 aliphatic rings. The maximum Gasteiger partial charge on any atom is 0.339 e. The molecule has 20 heavy (non-hydrogen) atoms. The quantitative estimate of drug-likeness (QED) is 0.311. The molecule has 0 saturated heterocycles. The molecule has 0 bridgehead atoms. The summed E-state index contributed by atoms with van der Waals surface area (Å²) >= 11 is 0. The van der Waals surface area contributed by atoms with Crippen molar-refractivity contribution in [2.24, 2.45) is 0 Å². The Balaban J connectivity index is 2.64. The summed E-state index contributed by atoms with van der Waals surface area (Å²) in [5.41, 5.74) is 0.114. The molecule has 0 spiro atoms. The lowest BCUT2D eigenvalue weighted by molar-refractivity contribution is -0.138. The number of rotatable bonds is 9. The second-order valence-corrected chi connectivity index (χ2v) is 4.69. The Morgan fingerprint density at radius 1 is 1.15 bits per heavy atom. The fraction of sp³-hybridized carbons (Fsp3) is 0.467. The number of Topliss-reactive ketones (excluding diaryl/α,β-unsaturated/α-hetero) is 1. The van der Waals surface area contributed by atoms with Crippen LogP contribution in [0.1, 0.15) is 66.2 Å². The molecule has 0 unspecified atom stereocenters. The van der Waals surface area contributed by atoms with E-state index in [0.717, 1.165) is 25.7 Å². The predicted molar refractivity (Wildman–Crippen MR) is 74.4 cm³/mol. The first-order valence-corrected chi connectivity index (χ1v) is 6.82. The smallest absolute Gasteiger partial charge is 0.339 e. The van der Waals surface area contributed by atoms with Gasteiger partial charge >= 0.3 is 5.97 Å². The van der Waals surface area contributed by atoms with Crippen LogP contribution < -0.4 is 4.89 Å². The third-order valence-corrected chi connectivity index (χ3v) is 3.14. The lowest BCUT2D eigenvalue weighted by atomic mass is 10.0. The number of carboxylic acid groups (broad SMARTS) is 1. The van der Waals surface area contributed by atoms with Crippen molar-refractivity contribution < 1.29 is 24.8 Å². The molecule has 5 heteroatoms. The largest absolute Gasteiger partial charge is 0.478 e. The van der Waals surface area contributed by atoms with Gasteiger partial charge in [0, 0.05) is 12.0 Å². The van der Waals surface area contributed by atoms with Gasteiger partial charge < -0.3 is 9.99 Å². The molecule has 0 amide bonds. The van der Waals surface area contributed by atoms with Gasteiger partial charge in [0.2, 0.25) is 0 Å². The standard InChI is InChI=1S/C15H20O5/c1-2-3-4-5-6-7-13(16)11-8-9-14(20-19)12(10-11)15(17)18/h8-10,19H,2-7H2,1H3,(H,17,18). The van der Waals surface area contributed by atoms with Gasteiger partial charge in [-0.1, -0.05) is 32.6 Å². The molecule has 5 nitrogen and oxygen atoms in total. The highest BCUT2D eigenvalue weighted by atomic mass is 17.1. The molecule has 0 aliphatic carbocycles. The molecule has 0 aliphatic heterocycles. The van der Waals surface area contributed by atoms with Crippen molar-refractivity contribution in [3.63, 3.8) is 0 Å². The zero-order chi connectivity index (χ0) is 15.0. The Morgan fingerprint density at radius 2 is 1.85 bits per heavy atom.